The van der Waals surface area contributed by atoms with E-state index >= 15 is 0 Å². The minimum Gasteiger partial charge on any atom is -0.392 e. The first-order valence-electron chi connectivity index (χ1n) is 19.2. The number of aliphatic hydroxyl groups excluding tert-OH is 2. The SMILES string of the molecule is C=CCN1C(=CCO)[C@H]2C[C@@H]3[C@@H]1CC[C@]31c3ccccc3N3/C=C4\[C@@H]5N(/C=C\2[C@H]31)c1ccccc1[C@@]51CC[C@H]2[C@@H]1C[C@@H]4/C(=C\CO)N2CC=C. The minimum absolute atomic E-state index is 0.0233. The van der Waals surface area contributed by atoms with Crippen molar-refractivity contribution < 1.29 is 10.2 Å². The lowest BCUT2D eigenvalue weighted by atomic mass is 9.54. The number of anilines is 2. The molecule has 2 aromatic rings. The molecule has 5 aliphatic heterocycles. The van der Waals surface area contributed by atoms with E-state index in [1.54, 1.807) is 0 Å². The van der Waals surface area contributed by atoms with Gasteiger partial charge in [0.1, 0.15) is 0 Å². The van der Waals surface area contributed by atoms with Crippen molar-refractivity contribution in [2.45, 2.75) is 73.5 Å². The molecule has 4 aliphatic carbocycles. The molecule has 4 saturated carbocycles. The van der Waals surface area contributed by atoms with Gasteiger partial charge < -0.3 is 29.8 Å². The van der Waals surface area contributed by atoms with Crippen LogP contribution in [-0.2, 0) is 10.8 Å². The van der Waals surface area contributed by atoms with Crippen LogP contribution in [0.2, 0.25) is 0 Å². The Balaban J connectivity index is 1.22. The molecular formula is C44H48N4O2. The van der Waals surface area contributed by atoms with Crippen LogP contribution >= 0.6 is 0 Å². The predicted octanol–water partition coefficient (Wildman–Crippen LogP) is 6.37. The highest BCUT2D eigenvalue weighted by atomic mass is 16.3. The van der Waals surface area contributed by atoms with E-state index in [2.05, 4.69) is 118 Å². The first kappa shape index (κ1) is 29.7. The topological polar surface area (TPSA) is 53.4 Å². The Morgan fingerprint density at radius 2 is 1.10 bits per heavy atom. The molecule has 9 aliphatic rings. The third-order valence-corrected chi connectivity index (χ3v) is 15.3. The van der Waals surface area contributed by atoms with E-state index in [1.807, 2.05) is 0 Å². The summed E-state index contributed by atoms with van der Waals surface area (Å²) >= 11 is 0. The maximum Gasteiger partial charge on any atom is 0.0670 e. The van der Waals surface area contributed by atoms with Crippen LogP contribution in [0.25, 0.3) is 0 Å². The van der Waals surface area contributed by atoms with Gasteiger partial charge in [-0.05, 0) is 96.9 Å². The lowest BCUT2D eigenvalue weighted by Crippen LogP contribution is -2.63. The number of aliphatic hydroxyl groups is 2. The van der Waals surface area contributed by atoms with E-state index in [0.29, 0.717) is 23.9 Å². The van der Waals surface area contributed by atoms with Gasteiger partial charge in [0.25, 0.3) is 0 Å². The van der Waals surface area contributed by atoms with Crippen LogP contribution in [0.1, 0.15) is 49.7 Å². The number of benzene rings is 2. The fourth-order valence-electron chi connectivity index (χ4n) is 14.2. The molecule has 2 saturated heterocycles. The Morgan fingerprint density at radius 3 is 1.52 bits per heavy atom. The molecule has 0 amide bonds. The summed E-state index contributed by atoms with van der Waals surface area (Å²) in [5.41, 5.74) is 11.5. The maximum atomic E-state index is 10.5. The van der Waals surface area contributed by atoms with Gasteiger partial charge in [-0.3, -0.25) is 0 Å². The van der Waals surface area contributed by atoms with Gasteiger partial charge >= 0.3 is 0 Å². The van der Waals surface area contributed by atoms with E-state index in [1.165, 1.54) is 45.0 Å². The van der Waals surface area contributed by atoms with Crippen LogP contribution < -0.4 is 9.80 Å². The monoisotopic (exact) mass is 664 g/mol. The highest BCUT2D eigenvalue weighted by Gasteiger charge is 2.71. The van der Waals surface area contributed by atoms with Crippen LogP contribution in [0, 0.1) is 23.7 Å². The maximum absolute atomic E-state index is 10.5. The first-order valence-corrected chi connectivity index (χ1v) is 19.2. The van der Waals surface area contributed by atoms with Crippen molar-refractivity contribution in [2.24, 2.45) is 23.7 Å². The lowest BCUT2D eigenvalue weighted by Gasteiger charge is -2.59. The summed E-state index contributed by atoms with van der Waals surface area (Å²) in [6.07, 6.45) is 20.6. The van der Waals surface area contributed by atoms with Gasteiger partial charge in [-0.1, -0.05) is 48.6 Å². The molecule has 0 aromatic heterocycles. The molecule has 6 heteroatoms. The second-order valence-electron chi connectivity index (χ2n) is 16.5. The number of hydrogen-bond acceptors (Lipinski definition) is 6. The third kappa shape index (κ3) is 3.26. The van der Waals surface area contributed by atoms with Gasteiger partial charge in [0.15, 0.2) is 0 Å². The molecule has 2 aromatic carbocycles. The van der Waals surface area contributed by atoms with E-state index in [4.69, 9.17) is 0 Å². The summed E-state index contributed by atoms with van der Waals surface area (Å²) in [6, 6.07) is 20.0. The zero-order valence-electron chi connectivity index (χ0n) is 28.9. The van der Waals surface area contributed by atoms with Crippen LogP contribution in [0.3, 0.4) is 0 Å². The molecule has 10 atom stereocenters. The quantitative estimate of drug-likeness (QED) is 0.350. The van der Waals surface area contributed by atoms with Crippen LogP contribution in [-0.4, -0.2) is 70.5 Å². The average Bonchev–Trinajstić information content (AvgIpc) is 3.86. The van der Waals surface area contributed by atoms with E-state index in [9.17, 15) is 10.2 Å². The molecule has 2 N–H and O–H groups in total. The predicted molar refractivity (Wildman–Crippen MR) is 198 cm³/mol. The summed E-state index contributed by atoms with van der Waals surface area (Å²) < 4.78 is 0. The molecule has 4 bridgehead atoms. The third-order valence-electron chi connectivity index (χ3n) is 15.3. The number of nitrogens with zero attached hydrogens (tertiary/aromatic N) is 4. The first-order chi connectivity index (χ1) is 24.6. The van der Waals surface area contributed by atoms with E-state index < -0.39 is 0 Å². The van der Waals surface area contributed by atoms with Gasteiger partial charge in [0.05, 0.1) is 25.3 Å². The Labute approximate surface area is 296 Å². The highest BCUT2D eigenvalue weighted by Crippen LogP contribution is 2.71. The van der Waals surface area contributed by atoms with E-state index in [0.717, 1.165) is 51.6 Å². The lowest BCUT2D eigenvalue weighted by molar-refractivity contribution is 0.0738. The number of piperidine rings is 2. The van der Waals surface area contributed by atoms with Crippen molar-refractivity contribution in [2.75, 3.05) is 36.1 Å². The summed E-state index contributed by atoms with van der Waals surface area (Å²) in [7, 11) is 0. The normalized spacial score (nSPS) is 42.6. The summed E-state index contributed by atoms with van der Waals surface area (Å²) in [5.74, 6) is 1.53. The zero-order valence-corrected chi connectivity index (χ0v) is 28.9. The van der Waals surface area contributed by atoms with Gasteiger partial charge in [0.2, 0.25) is 0 Å². The molecular weight excluding hydrogens is 617 g/mol. The molecule has 0 unspecified atom stereocenters. The number of hydrogen-bond donors (Lipinski definition) is 2. The van der Waals surface area contributed by atoms with Gasteiger partial charge in [0, 0.05) is 83.0 Å². The van der Waals surface area contributed by atoms with E-state index in [-0.39, 0.29) is 48.0 Å². The highest BCUT2D eigenvalue weighted by molar-refractivity contribution is 5.77. The smallest absolute Gasteiger partial charge is 0.0670 e. The summed E-state index contributed by atoms with van der Waals surface area (Å²) in [5, 5.41) is 21.0. The fraction of sp³-hybridized carbons (Fsp3) is 0.455. The fourth-order valence-corrected chi connectivity index (χ4v) is 14.2. The standard InChI is InChI=1S/C44H48N4O2/c1-3-19-45-35(15-21-49)27-23-33-39(45)13-17-43(33)31-9-5-7-11-37(31)48-26-30-28-24-34-40(46(20-4-2)36(28)16-22-50)14-18-44(34)32-10-6-8-12-38(32)47(42(30)44)25-29(27)41(43)48/h3-12,15-16,25-28,33-34,39-42,49-50H,1-2,13-14,17-24H2/b29-25-,30-26+,35-15+,36-16?/t27-,28-,33-,34+,39-,40-,41-,42-,43+,44-/m0/s1. The Bertz CT molecular complexity index is 1820. The second-order valence-corrected chi connectivity index (χ2v) is 16.5. The molecule has 256 valence electrons. The van der Waals surface area contributed by atoms with Gasteiger partial charge in [-0.2, -0.15) is 0 Å². The number of para-hydroxylation sites is 2. The van der Waals surface area contributed by atoms with Gasteiger partial charge in [-0.25, -0.2) is 0 Å². The molecule has 6 nitrogen and oxygen atoms in total. The van der Waals surface area contributed by atoms with Crippen molar-refractivity contribution in [3.8, 4) is 0 Å². The summed E-state index contributed by atoms with van der Waals surface area (Å²) in [4.78, 5) is 10.8. The Hall–Kier alpha value is -4.00. The van der Waals surface area contributed by atoms with Crippen LogP contribution in [0.4, 0.5) is 11.4 Å². The molecule has 6 fully saturated rings. The van der Waals surface area contributed by atoms with Crippen molar-refractivity contribution in [3.05, 3.63) is 132 Å². The van der Waals surface area contributed by atoms with Crippen molar-refractivity contribution >= 4 is 11.4 Å². The molecule has 0 radical (unpaired) electrons. The van der Waals surface area contributed by atoms with Crippen molar-refractivity contribution in [1.29, 1.82) is 0 Å². The molecule has 5 heterocycles. The molecule has 50 heavy (non-hydrogen) atoms. The summed E-state index contributed by atoms with van der Waals surface area (Å²) in [6.45, 7) is 10.1. The number of fused-ring (bicyclic) bond motifs is 8. The van der Waals surface area contributed by atoms with Crippen molar-refractivity contribution in [3.63, 3.8) is 0 Å². The minimum atomic E-state index is 0.0233. The zero-order chi connectivity index (χ0) is 33.5. The van der Waals surface area contributed by atoms with Gasteiger partial charge in [-0.15, -0.1) is 13.2 Å². The Morgan fingerprint density at radius 1 is 0.660 bits per heavy atom. The number of allylic oxidation sites excluding steroid dienone is 2. The van der Waals surface area contributed by atoms with Crippen LogP contribution in [0.15, 0.2) is 121 Å². The molecule has 2 spiro atoms. The second kappa shape index (κ2) is 10.3. The van der Waals surface area contributed by atoms with Crippen LogP contribution in [0.5, 0.6) is 0 Å². The average molecular weight is 665 g/mol. The number of likely N-dealkylation sites (tertiary alicyclic amines) is 2. The Kier molecular flexibility index (Phi) is 6.11. The molecule has 11 rings (SSSR count). The largest absolute Gasteiger partial charge is 0.392 e. The number of rotatable bonds is 6. The van der Waals surface area contributed by atoms with Crippen molar-refractivity contribution in [1.82, 2.24) is 9.80 Å².